The van der Waals surface area contributed by atoms with E-state index in [1.54, 1.807) is 6.26 Å². The van der Waals surface area contributed by atoms with Gasteiger partial charge < -0.3 is 5.32 Å². The van der Waals surface area contributed by atoms with E-state index in [9.17, 15) is 4.21 Å². The monoisotopic (exact) mass is 221 g/mol. The smallest absolute Gasteiger partial charge is 0.0357 e. The maximum atomic E-state index is 10.8. The van der Waals surface area contributed by atoms with Crippen molar-refractivity contribution < 1.29 is 4.21 Å². The largest absolute Gasteiger partial charge is 0.312 e. The fourth-order valence-electron chi connectivity index (χ4n) is 1.58. The average molecular weight is 221 g/mol. The Kier molecular flexibility index (Phi) is 5.36. The summed E-state index contributed by atoms with van der Waals surface area (Å²) in [7, 11) is -0.650. The van der Waals surface area contributed by atoms with Crippen molar-refractivity contribution in [2.24, 2.45) is 0 Å². The highest BCUT2D eigenvalue weighted by Gasteiger charge is 2.20. The summed E-state index contributed by atoms with van der Waals surface area (Å²) in [5.74, 6) is 2.09. The molecule has 1 fully saturated rings. The summed E-state index contributed by atoms with van der Waals surface area (Å²) in [5.41, 5.74) is 0. The molecule has 0 saturated carbocycles. The highest BCUT2D eigenvalue weighted by atomic mass is 32.2. The number of rotatable bonds is 4. The lowest BCUT2D eigenvalue weighted by Gasteiger charge is -2.29. The van der Waals surface area contributed by atoms with Crippen molar-refractivity contribution in [3.8, 4) is 0 Å². The van der Waals surface area contributed by atoms with Gasteiger partial charge in [-0.2, -0.15) is 11.8 Å². The van der Waals surface area contributed by atoms with E-state index < -0.39 is 10.8 Å². The molecule has 0 bridgehead atoms. The van der Waals surface area contributed by atoms with Gasteiger partial charge in [-0.3, -0.25) is 4.21 Å². The number of hydrogen-bond acceptors (Lipinski definition) is 3. The van der Waals surface area contributed by atoms with Crippen LogP contribution in [-0.2, 0) is 10.8 Å². The van der Waals surface area contributed by atoms with Gasteiger partial charge in [0.15, 0.2) is 0 Å². The van der Waals surface area contributed by atoms with Crippen molar-refractivity contribution in [1.82, 2.24) is 5.32 Å². The predicted molar refractivity (Wildman–Crippen MR) is 61.9 cm³/mol. The zero-order valence-corrected chi connectivity index (χ0v) is 10.0. The molecule has 0 amide bonds. The van der Waals surface area contributed by atoms with Gasteiger partial charge in [-0.05, 0) is 18.6 Å². The van der Waals surface area contributed by atoms with Gasteiger partial charge in [0.05, 0.1) is 0 Å². The molecular formula is C9H19NOS2. The third-order valence-corrected chi connectivity index (χ3v) is 4.56. The highest BCUT2D eigenvalue weighted by Crippen LogP contribution is 2.24. The summed E-state index contributed by atoms with van der Waals surface area (Å²) in [6.07, 6.45) is 4.37. The van der Waals surface area contributed by atoms with Crippen molar-refractivity contribution in [2.45, 2.75) is 31.1 Å². The van der Waals surface area contributed by atoms with Crippen LogP contribution in [0.2, 0.25) is 0 Å². The molecule has 1 heterocycles. The first-order valence-corrected chi connectivity index (χ1v) is 7.63. The molecule has 3 unspecified atom stereocenters. The van der Waals surface area contributed by atoms with Crippen LogP contribution in [0.1, 0.15) is 19.8 Å². The summed E-state index contributed by atoms with van der Waals surface area (Å²) in [6, 6.07) is 0.641. The van der Waals surface area contributed by atoms with E-state index in [4.69, 9.17) is 0 Å². The third-order valence-electron chi connectivity index (χ3n) is 2.40. The lowest BCUT2D eigenvalue weighted by molar-refractivity contribution is 0.476. The van der Waals surface area contributed by atoms with Gasteiger partial charge in [0.2, 0.25) is 0 Å². The lowest BCUT2D eigenvalue weighted by Crippen LogP contribution is -2.40. The third kappa shape index (κ3) is 4.47. The average Bonchev–Trinajstić information content (AvgIpc) is 2.08. The van der Waals surface area contributed by atoms with Gasteiger partial charge in [-0.1, -0.05) is 6.92 Å². The van der Waals surface area contributed by atoms with Crippen LogP contribution in [0.3, 0.4) is 0 Å². The van der Waals surface area contributed by atoms with Gasteiger partial charge >= 0.3 is 0 Å². The highest BCUT2D eigenvalue weighted by molar-refractivity contribution is 7.99. The Morgan fingerprint density at radius 2 is 2.38 bits per heavy atom. The molecule has 4 heteroatoms. The van der Waals surface area contributed by atoms with Gasteiger partial charge in [-0.25, -0.2) is 0 Å². The molecule has 0 aliphatic carbocycles. The predicted octanol–water partition coefficient (Wildman–Crippen LogP) is 1.24. The maximum absolute atomic E-state index is 10.8. The normalized spacial score (nSPS) is 31.5. The molecule has 13 heavy (non-hydrogen) atoms. The first-order valence-electron chi connectivity index (χ1n) is 4.85. The molecule has 0 aromatic carbocycles. The van der Waals surface area contributed by atoms with Crippen LogP contribution < -0.4 is 5.32 Å². The fraction of sp³-hybridized carbons (Fsp3) is 1.00. The zero-order chi connectivity index (χ0) is 9.68. The van der Waals surface area contributed by atoms with Crippen LogP contribution in [0, 0.1) is 0 Å². The molecule has 1 saturated heterocycles. The van der Waals surface area contributed by atoms with Crippen molar-refractivity contribution in [1.29, 1.82) is 0 Å². The summed E-state index contributed by atoms with van der Waals surface area (Å²) < 4.78 is 10.8. The second-order valence-electron chi connectivity index (χ2n) is 3.56. The summed E-state index contributed by atoms with van der Waals surface area (Å²) in [4.78, 5) is 0. The number of nitrogens with one attached hydrogen (secondary N) is 1. The number of hydrogen-bond donors (Lipinski definition) is 1. The van der Waals surface area contributed by atoms with Crippen LogP contribution in [0.25, 0.3) is 0 Å². The molecule has 0 spiro atoms. The van der Waals surface area contributed by atoms with Crippen molar-refractivity contribution in [3.63, 3.8) is 0 Å². The summed E-state index contributed by atoms with van der Waals surface area (Å²) >= 11 is 2.05. The van der Waals surface area contributed by atoms with E-state index in [0.717, 1.165) is 17.5 Å². The Labute approximate surface area is 87.7 Å². The molecule has 2 nitrogen and oxygen atoms in total. The molecular weight excluding hydrogens is 202 g/mol. The zero-order valence-electron chi connectivity index (χ0n) is 8.41. The first-order chi connectivity index (χ1) is 6.20. The van der Waals surface area contributed by atoms with Crippen molar-refractivity contribution in [3.05, 3.63) is 0 Å². The Bertz CT molecular complexity index is 175. The standard InChI is InChI=1S/C9H19NOS2/c1-8-9(4-3-6-12-8)10-5-7-13(2)11/h8-10H,3-7H2,1-2H3. The molecule has 0 aromatic heterocycles. The van der Waals surface area contributed by atoms with E-state index >= 15 is 0 Å². The maximum Gasteiger partial charge on any atom is 0.0357 e. The molecule has 0 radical (unpaired) electrons. The minimum absolute atomic E-state index is 0.641. The van der Waals surface area contributed by atoms with E-state index in [2.05, 4.69) is 12.2 Å². The molecule has 1 N–H and O–H groups in total. The van der Waals surface area contributed by atoms with Crippen LogP contribution in [0.4, 0.5) is 0 Å². The molecule has 1 rings (SSSR count). The first kappa shape index (κ1) is 11.5. The molecule has 0 aromatic rings. The molecule has 3 atom stereocenters. The second-order valence-corrected chi connectivity index (χ2v) is 6.60. The van der Waals surface area contributed by atoms with E-state index in [1.807, 2.05) is 11.8 Å². The van der Waals surface area contributed by atoms with E-state index in [-0.39, 0.29) is 0 Å². The lowest BCUT2D eigenvalue weighted by atomic mass is 10.1. The van der Waals surface area contributed by atoms with E-state index in [1.165, 1.54) is 18.6 Å². The Balaban J connectivity index is 2.15. The fourth-order valence-corrected chi connectivity index (χ4v) is 3.15. The van der Waals surface area contributed by atoms with Crippen LogP contribution in [-0.4, -0.2) is 39.8 Å². The Morgan fingerprint density at radius 3 is 3.00 bits per heavy atom. The van der Waals surface area contributed by atoms with Crippen molar-refractivity contribution in [2.75, 3.05) is 24.3 Å². The van der Waals surface area contributed by atoms with Gasteiger partial charge in [0.25, 0.3) is 0 Å². The van der Waals surface area contributed by atoms with Gasteiger partial charge in [0, 0.05) is 40.6 Å². The van der Waals surface area contributed by atoms with Crippen LogP contribution >= 0.6 is 11.8 Å². The minimum Gasteiger partial charge on any atom is -0.312 e. The topological polar surface area (TPSA) is 29.1 Å². The summed E-state index contributed by atoms with van der Waals surface area (Å²) in [5, 5.41) is 4.21. The Morgan fingerprint density at radius 1 is 1.62 bits per heavy atom. The molecule has 78 valence electrons. The van der Waals surface area contributed by atoms with Crippen LogP contribution in [0.15, 0.2) is 0 Å². The second kappa shape index (κ2) is 6.04. The number of thioether (sulfide) groups is 1. The molecule has 1 aliphatic rings. The quantitative estimate of drug-likeness (QED) is 0.774. The molecule has 1 aliphatic heterocycles. The van der Waals surface area contributed by atoms with Gasteiger partial charge in [-0.15, -0.1) is 0 Å². The van der Waals surface area contributed by atoms with Crippen LogP contribution in [0.5, 0.6) is 0 Å². The SMILES string of the molecule is CC1SCCCC1NCCS(C)=O. The Hall–Kier alpha value is 0.460. The van der Waals surface area contributed by atoms with Gasteiger partial charge in [0.1, 0.15) is 0 Å². The van der Waals surface area contributed by atoms with Crippen molar-refractivity contribution >= 4 is 22.6 Å². The summed E-state index contributed by atoms with van der Waals surface area (Å²) in [6.45, 7) is 3.18. The minimum atomic E-state index is -0.650. The van der Waals surface area contributed by atoms with E-state index in [0.29, 0.717) is 6.04 Å².